The SMILES string of the molecule is CC(C)(C)OC(=O)C1CCCC(N)CCC1. The van der Waals surface area contributed by atoms with Gasteiger partial charge in [0.1, 0.15) is 5.60 Å². The molecule has 0 saturated heterocycles. The smallest absolute Gasteiger partial charge is 0.309 e. The summed E-state index contributed by atoms with van der Waals surface area (Å²) in [6, 6.07) is 0.333. The van der Waals surface area contributed by atoms with Crippen molar-refractivity contribution in [2.75, 3.05) is 0 Å². The molecule has 1 saturated carbocycles. The molecule has 0 atom stereocenters. The van der Waals surface area contributed by atoms with Gasteiger partial charge in [0.15, 0.2) is 0 Å². The van der Waals surface area contributed by atoms with Gasteiger partial charge >= 0.3 is 5.97 Å². The van der Waals surface area contributed by atoms with E-state index in [2.05, 4.69) is 0 Å². The van der Waals surface area contributed by atoms with Crippen molar-refractivity contribution >= 4 is 5.97 Å². The van der Waals surface area contributed by atoms with Gasteiger partial charge in [-0.1, -0.05) is 12.8 Å². The summed E-state index contributed by atoms with van der Waals surface area (Å²) in [5, 5.41) is 0. The lowest BCUT2D eigenvalue weighted by Gasteiger charge is -2.26. The highest BCUT2D eigenvalue weighted by Crippen LogP contribution is 2.24. The molecule has 0 unspecified atom stereocenters. The normalized spacial score (nSPS) is 28.0. The minimum Gasteiger partial charge on any atom is -0.460 e. The Hall–Kier alpha value is -0.570. The third-order valence-corrected chi connectivity index (χ3v) is 3.00. The summed E-state index contributed by atoms with van der Waals surface area (Å²) in [5.74, 6) is 0.0645. The number of carbonyl (C=O) groups excluding carboxylic acids is 1. The Morgan fingerprint density at radius 3 is 2.06 bits per heavy atom. The van der Waals surface area contributed by atoms with Crippen LogP contribution in [-0.4, -0.2) is 17.6 Å². The second-order valence-corrected chi connectivity index (χ2v) is 5.85. The first-order chi connectivity index (χ1) is 7.38. The largest absolute Gasteiger partial charge is 0.460 e. The predicted octanol–water partition coefficient (Wildman–Crippen LogP) is 2.63. The highest BCUT2D eigenvalue weighted by atomic mass is 16.6. The van der Waals surface area contributed by atoms with Gasteiger partial charge < -0.3 is 10.5 Å². The van der Waals surface area contributed by atoms with E-state index in [4.69, 9.17) is 10.5 Å². The van der Waals surface area contributed by atoms with Gasteiger partial charge in [0, 0.05) is 6.04 Å². The van der Waals surface area contributed by atoms with E-state index in [1.807, 2.05) is 20.8 Å². The zero-order valence-corrected chi connectivity index (χ0v) is 10.8. The van der Waals surface area contributed by atoms with Gasteiger partial charge in [-0.25, -0.2) is 0 Å². The molecule has 0 bridgehead atoms. The fraction of sp³-hybridized carbons (Fsp3) is 0.923. The number of hydrogen-bond donors (Lipinski definition) is 1. The fourth-order valence-corrected chi connectivity index (χ4v) is 2.16. The first kappa shape index (κ1) is 13.5. The summed E-state index contributed by atoms with van der Waals surface area (Å²) in [7, 11) is 0. The molecule has 1 aliphatic carbocycles. The summed E-state index contributed by atoms with van der Waals surface area (Å²) in [6.07, 6.45) is 6.04. The van der Waals surface area contributed by atoms with Gasteiger partial charge in [0.25, 0.3) is 0 Å². The van der Waals surface area contributed by atoms with E-state index < -0.39 is 0 Å². The molecule has 1 fully saturated rings. The van der Waals surface area contributed by atoms with Crippen LogP contribution in [0.25, 0.3) is 0 Å². The monoisotopic (exact) mass is 227 g/mol. The van der Waals surface area contributed by atoms with Crippen LogP contribution in [0.4, 0.5) is 0 Å². The number of nitrogens with two attached hydrogens (primary N) is 1. The minimum atomic E-state index is -0.365. The van der Waals surface area contributed by atoms with E-state index >= 15 is 0 Å². The molecule has 0 aliphatic heterocycles. The molecule has 0 radical (unpaired) electrons. The highest BCUT2D eigenvalue weighted by molar-refractivity contribution is 5.72. The van der Waals surface area contributed by atoms with Gasteiger partial charge in [-0.05, 0) is 46.5 Å². The van der Waals surface area contributed by atoms with Crippen molar-refractivity contribution in [2.45, 2.75) is 70.9 Å². The zero-order valence-electron chi connectivity index (χ0n) is 10.8. The molecule has 3 nitrogen and oxygen atoms in total. The summed E-state index contributed by atoms with van der Waals surface area (Å²) < 4.78 is 5.43. The molecule has 0 aromatic heterocycles. The van der Waals surface area contributed by atoms with Crippen molar-refractivity contribution in [3.8, 4) is 0 Å². The molecule has 94 valence electrons. The lowest BCUT2D eigenvalue weighted by atomic mass is 9.89. The first-order valence-electron chi connectivity index (χ1n) is 6.37. The summed E-state index contributed by atoms with van der Waals surface area (Å²) in [6.45, 7) is 5.76. The maximum atomic E-state index is 11.9. The molecule has 0 heterocycles. The maximum Gasteiger partial charge on any atom is 0.309 e. The van der Waals surface area contributed by atoms with Crippen LogP contribution in [0.3, 0.4) is 0 Å². The second-order valence-electron chi connectivity index (χ2n) is 5.85. The van der Waals surface area contributed by atoms with E-state index in [-0.39, 0.29) is 17.5 Å². The zero-order chi connectivity index (χ0) is 12.2. The quantitative estimate of drug-likeness (QED) is 0.701. The fourth-order valence-electron chi connectivity index (χ4n) is 2.16. The standard InChI is InChI=1S/C13H25NO2/c1-13(2,3)16-12(15)10-6-4-8-11(14)9-5-7-10/h10-11H,4-9,14H2,1-3H3. The van der Waals surface area contributed by atoms with Crippen molar-refractivity contribution in [3.05, 3.63) is 0 Å². The van der Waals surface area contributed by atoms with Crippen molar-refractivity contribution in [1.82, 2.24) is 0 Å². The average molecular weight is 227 g/mol. The van der Waals surface area contributed by atoms with Gasteiger partial charge in [0.2, 0.25) is 0 Å². The van der Waals surface area contributed by atoms with E-state index in [0.717, 1.165) is 38.5 Å². The lowest BCUT2D eigenvalue weighted by molar-refractivity contribution is -0.160. The maximum absolute atomic E-state index is 11.9. The van der Waals surface area contributed by atoms with Gasteiger partial charge in [-0.3, -0.25) is 4.79 Å². The van der Waals surface area contributed by atoms with Gasteiger partial charge in [-0.15, -0.1) is 0 Å². The Bertz CT molecular complexity index is 223. The molecule has 16 heavy (non-hydrogen) atoms. The van der Waals surface area contributed by atoms with Crippen molar-refractivity contribution in [2.24, 2.45) is 11.7 Å². The molecular weight excluding hydrogens is 202 g/mol. The number of esters is 1. The predicted molar refractivity (Wildman–Crippen MR) is 65.0 cm³/mol. The lowest BCUT2D eigenvalue weighted by Crippen LogP contribution is -2.30. The van der Waals surface area contributed by atoms with Crippen molar-refractivity contribution in [3.63, 3.8) is 0 Å². The Morgan fingerprint density at radius 2 is 1.62 bits per heavy atom. The molecule has 1 rings (SSSR count). The van der Waals surface area contributed by atoms with Crippen LogP contribution in [0.2, 0.25) is 0 Å². The van der Waals surface area contributed by atoms with Gasteiger partial charge in [0.05, 0.1) is 5.92 Å². The number of rotatable bonds is 1. The Kier molecular flexibility index (Phi) is 4.78. The number of hydrogen-bond acceptors (Lipinski definition) is 3. The van der Waals surface area contributed by atoms with Crippen molar-refractivity contribution in [1.29, 1.82) is 0 Å². The van der Waals surface area contributed by atoms with E-state index in [0.29, 0.717) is 6.04 Å². The van der Waals surface area contributed by atoms with Crippen LogP contribution in [0, 0.1) is 5.92 Å². The summed E-state index contributed by atoms with van der Waals surface area (Å²) in [5.41, 5.74) is 5.55. The minimum absolute atomic E-state index is 0.0250. The van der Waals surface area contributed by atoms with E-state index in [1.165, 1.54) is 0 Å². The van der Waals surface area contributed by atoms with E-state index in [1.54, 1.807) is 0 Å². The van der Waals surface area contributed by atoms with Crippen LogP contribution >= 0.6 is 0 Å². The topological polar surface area (TPSA) is 52.3 Å². The highest BCUT2D eigenvalue weighted by Gasteiger charge is 2.26. The Morgan fingerprint density at radius 1 is 1.12 bits per heavy atom. The van der Waals surface area contributed by atoms with Crippen LogP contribution in [-0.2, 0) is 9.53 Å². The Labute approximate surface area is 98.7 Å². The molecule has 0 amide bonds. The molecule has 0 aromatic rings. The number of ether oxygens (including phenoxy) is 1. The van der Waals surface area contributed by atoms with Crippen LogP contribution in [0.15, 0.2) is 0 Å². The summed E-state index contributed by atoms with van der Waals surface area (Å²) >= 11 is 0. The molecule has 1 aliphatic rings. The second kappa shape index (κ2) is 5.67. The average Bonchev–Trinajstić information content (AvgIpc) is 2.07. The van der Waals surface area contributed by atoms with Crippen molar-refractivity contribution < 1.29 is 9.53 Å². The van der Waals surface area contributed by atoms with Crippen LogP contribution in [0.5, 0.6) is 0 Å². The van der Waals surface area contributed by atoms with Gasteiger partial charge in [-0.2, -0.15) is 0 Å². The molecule has 2 N–H and O–H groups in total. The third kappa shape index (κ3) is 4.97. The molecule has 0 aromatic carbocycles. The molecular formula is C13H25NO2. The summed E-state index contributed by atoms with van der Waals surface area (Å²) in [4.78, 5) is 11.9. The van der Waals surface area contributed by atoms with Crippen LogP contribution < -0.4 is 5.73 Å². The third-order valence-electron chi connectivity index (χ3n) is 3.00. The molecule has 0 spiro atoms. The number of carbonyl (C=O) groups is 1. The molecule has 3 heteroatoms. The first-order valence-corrected chi connectivity index (χ1v) is 6.37. The van der Waals surface area contributed by atoms with E-state index in [9.17, 15) is 4.79 Å². The Balaban J connectivity index is 2.43. The van der Waals surface area contributed by atoms with Crippen LogP contribution in [0.1, 0.15) is 59.3 Å².